The van der Waals surface area contributed by atoms with E-state index < -0.39 is 0 Å². The van der Waals surface area contributed by atoms with E-state index >= 15 is 0 Å². The number of carbonyl (C=O) groups excluding carboxylic acids is 1. The molecular weight excluding hydrogens is 400 g/mol. The van der Waals surface area contributed by atoms with Gasteiger partial charge in [0.2, 0.25) is 0 Å². The smallest absolute Gasteiger partial charge is 0.255 e. The number of hydrogen-bond acceptors (Lipinski definition) is 4. The van der Waals surface area contributed by atoms with Gasteiger partial charge in [-0.15, -0.1) is 0 Å². The third-order valence-corrected chi connectivity index (χ3v) is 5.76. The lowest BCUT2D eigenvalue weighted by Crippen LogP contribution is -2.39. The fraction of sp³-hybridized carbons (Fsp3) is 0.500. The zero-order valence-corrected chi connectivity index (χ0v) is 20.0. The second-order valence-corrected chi connectivity index (χ2v) is 9.90. The van der Waals surface area contributed by atoms with Gasteiger partial charge in [-0.05, 0) is 75.4 Å². The Kier molecular flexibility index (Phi) is 7.67. The topological polar surface area (TPSA) is 68.0 Å². The monoisotopic (exact) mass is 436 g/mol. The molecule has 2 heterocycles. The van der Waals surface area contributed by atoms with Gasteiger partial charge in [0, 0.05) is 24.1 Å². The molecule has 0 atom stereocenters. The molecule has 1 fully saturated rings. The summed E-state index contributed by atoms with van der Waals surface area (Å²) in [7, 11) is 0. The van der Waals surface area contributed by atoms with E-state index in [1.54, 1.807) is 6.20 Å². The third-order valence-electron chi connectivity index (χ3n) is 5.76. The van der Waals surface area contributed by atoms with E-state index in [1.165, 1.54) is 0 Å². The molecule has 6 heteroatoms. The average molecular weight is 437 g/mol. The number of rotatable bonds is 7. The molecule has 0 bridgehead atoms. The van der Waals surface area contributed by atoms with E-state index in [-0.39, 0.29) is 17.4 Å². The number of hydrogen-bond donors (Lipinski definition) is 1. The van der Waals surface area contributed by atoms with Crippen molar-refractivity contribution in [1.82, 2.24) is 14.7 Å². The number of ether oxygens (including phenoxy) is 1. The minimum atomic E-state index is -0.0620. The molecular formula is C26H36N4O2. The van der Waals surface area contributed by atoms with Crippen LogP contribution >= 0.6 is 0 Å². The van der Waals surface area contributed by atoms with Crippen LogP contribution in [-0.4, -0.2) is 40.8 Å². The van der Waals surface area contributed by atoms with Gasteiger partial charge in [0.1, 0.15) is 5.65 Å². The van der Waals surface area contributed by atoms with Gasteiger partial charge in [-0.1, -0.05) is 26.8 Å². The van der Waals surface area contributed by atoms with Gasteiger partial charge >= 0.3 is 0 Å². The second-order valence-electron chi connectivity index (χ2n) is 9.90. The van der Waals surface area contributed by atoms with Crippen LogP contribution in [0.15, 0.2) is 41.7 Å². The summed E-state index contributed by atoms with van der Waals surface area (Å²) in [5, 5.41) is 3.22. The van der Waals surface area contributed by atoms with Crippen molar-refractivity contribution in [3.05, 3.63) is 53.6 Å². The van der Waals surface area contributed by atoms with Crippen LogP contribution in [0, 0.1) is 12.3 Å². The van der Waals surface area contributed by atoms with Crippen LogP contribution in [0.4, 0.5) is 0 Å². The molecule has 172 valence electrons. The Hall–Kier alpha value is -2.73. The van der Waals surface area contributed by atoms with E-state index in [1.807, 2.05) is 48.7 Å². The zero-order valence-electron chi connectivity index (χ0n) is 20.0. The number of nitrogens with zero attached hydrogens (tertiary/aromatic N) is 3. The fourth-order valence-corrected chi connectivity index (χ4v) is 3.95. The van der Waals surface area contributed by atoms with Gasteiger partial charge in [0.05, 0.1) is 24.0 Å². The Morgan fingerprint density at radius 3 is 2.72 bits per heavy atom. The highest BCUT2D eigenvalue weighted by Crippen LogP contribution is 2.25. The lowest BCUT2D eigenvalue weighted by molar-refractivity contribution is -0.0134. The SMILES string of the molecule is C=N/C=C\C=C(/C)c1cc(C)n2ccc(C(=O)N[C@H]3CC[C@H](OCC(C)(C)C)CC3)c2n1. The zero-order chi connectivity index (χ0) is 23.3. The minimum Gasteiger partial charge on any atom is -0.378 e. The summed E-state index contributed by atoms with van der Waals surface area (Å²) in [6.45, 7) is 14.8. The maximum absolute atomic E-state index is 13.1. The molecule has 0 aromatic carbocycles. The molecule has 0 spiro atoms. The lowest BCUT2D eigenvalue weighted by Gasteiger charge is -2.31. The van der Waals surface area contributed by atoms with Gasteiger partial charge in [-0.25, -0.2) is 4.98 Å². The number of aliphatic imine (C=N–C) groups is 1. The molecule has 0 aliphatic heterocycles. The van der Waals surface area contributed by atoms with Crippen molar-refractivity contribution in [1.29, 1.82) is 0 Å². The van der Waals surface area contributed by atoms with E-state index in [0.29, 0.717) is 17.3 Å². The highest BCUT2D eigenvalue weighted by atomic mass is 16.5. The average Bonchev–Trinajstić information content (AvgIpc) is 3.17. The molecule has 32 heavy (non-hydrogen) atoms. The van der Waals surface area contributed by atoms with Gasteiger partial charge in [0.15, 0.2) is 0 Å². The standard InChI is InChI=1S/C26H36N4O2/c1-18(8-7-14-27-6)23-16-19(2)30-15-13-22(24(30)29-23)25(31)28-20-9-11-21(12-10-20)32-17-26(3,4)5/h7-8,13-16,20-21H,6,9-12,17H2,1-5H3,(H,28,31)/b14-7-,18-8+/t20-,21-. The van der Waals surface area contributed by atoms with Crippen molar-refractivity contribution in [2.75, 3.05) is 6.61 Å². The summed E-state index contributed by atoms with van der Waals surface area (Å²) in [4.78, 5) is 21.6. The van der Waals surface area contributed by atoms with Crippen LogP contribution < -0.4 is 5.32 Å². The molecule has 2 aromatic rings. The Morgan fingerprint density at radius 1 is 1.34 bits per heavy atom. The number of allylic oxidation sites excluding steroid dienone is 3. The van der Waals surface area contributed by atoms with Crippen molar-refractivity contribution in [3.63, 3.8) is 0 Å². The first-order valence-electron chi connectivity index (χ1n) is 11.4. The molecule has 1 N–H and O–H groups in total. The van der Waals surface area contributed by atoms with E-state index in [2.05, 4.69) is 37.8 Å². The summed E-state index contributed by atoms with van der Waals surface area (Å²) < 4.78 is 8.03. The number of amides is 1. The summed E-state index contributed by atoms with van der Waals surface area (Å²) in [6.07, 6.45) is 11.5. The molecule has 0 radical (unpaired) electrons. The molecule has 1 aliphatic rings. The van der Waals surface area contributed by atoms with Gasteiger partial charge in [-0.3, -0.25) is 9.79 Å². The summed E-state index contributed by atoms with van der Waals surface area (Å²) in [5.41, 5.74) is 4.33. The number of fused-ring (bicyclic) bond motifs is 1. The predicted octanol–water partition coefficient (Wildman–Crippen LogP) is 5.36. The van der Waals surface area contributed by atoms with Gasteiger partial charge in [0.25, 0.3) is 5.91 Å². The Balaban J connectivity index is 1.69. The van der Waals surface area contributed by atoms with Gasteiger partial charge in [-0.2, -0.15) is 0 Å². The Labute approximate surface area is 191 Å². The highest BCUT2D eigenvalue weighted by Gasteiger charge is 2.25. The second kappa shape index (κ2) is 10.3. The van der Waals surface area contributed by atoms with E-state index in [4.69, 9.17) is 9.72 Å². The molecule has 1 amide bonds. The lowest BCUT2D eigenvalue weighted by atomic mass is 9.92. The summed E-state index contributed by atoms with van der Waals surface area (Å²) in [5.74, 6) is -0.0620. The molecule has 1 aliphatic carbocycles. The van der Waals surface area contributed by atoms with Crippen molar-refractivity contribution >= 4 is 23.8 Å². The van der Waals surface area contributed by atoms with E-state index in [0.717, 1.165) is 49.3 Å². The number of nitrogens with one attached hydrogen (secondary N) is 1. The van der Waals surface area contributed by atoms with Crippen molar-refractivity contribution in [2.45, 2.75) is 72.4 Å². The minimum absolute atomic E-state index is 0.0620. The number of aromatic nitrogens is 2. The predicted molar refractivity (Wildman–Crippen MR) is 131 cm³/mol. The highest BCUT2D eigenvalue weighted by molar-refractivity contribution is 6.00. The molecule has 2 aromatic heterocycles. The molecule has 3 rings (SSSR count). The maximum atomic E-state index is 13.1. The van der Waals surface area contributed by atoms with Crippen LogP contribution in [0.25, 0.3) is 11.2 Å². The van der Waals surface area contributed by atoms with Crippen LogP contribution in [-0.2, 0) is 4.74 Å². The van der Waals surface area contributed by atoms with Crippen LogP contribution in [0.5, 0.6) is 0 Å². The largest absolute Gasteiger partial charge is 0.378 e. The first kappa shape index (κ1) is 23.9. The molecule has 1 saturated carbocycles. The third kappa shape index (κ3) is 6.16. The van der Waals surface area contributed by atoms with Crippen molar-refractivity contribution in [3.8, 4) is 0 Å². The van der Waals surface area contributed by atoms with Gasteiger partial charge < -0.3 is 14.5 Å². The van der Waals surface area contributed by atoms with Crippen molar-refractivity contribution < 1.29 is 9.53 Å². The van der Waals surface area contributed by atoms with Crippen LogP contribution in [0.3, 0.4) is 0 Å². The summed E-state index contributed by atoms with van der Waals surface area (Å²) in [6, 6.07) is 4.05. The Morgan fingerprint density at radius 2 is 2.06 bits per heavy atom. The fourth-order valence-electron chi connectivity index (χ4n) is 3.95. The maximum Gasteiger partial charge on any atom is 0.255 e. The number of carbonyl (C=O) groups is 1. The number of aryl methyl sites for hydroxylation is 1. The Bertz CT molecular complexity index is 1020. The van der Waals surface area contributed by atoms with Crippen LogP contribution in [0.1, 0.15) is 75.1 Å². The van der Waals surface area contributed by atoms with Crippen LogP contribution in [0.2, 0.25) is 0 Å². The molecule has 0 unspecified atom stereocenters. The first-order valence-corrected chi connectivity index (χ1v) is 11.4. The quantitative estimate of drug-likeness (QED) is 0.469. The summed E-state index contributed by atoms with van der Waals surface area (Å²) >= 11 is 0. The normalized spacial score (nSPS) is 20.1. The molecule has 6 nitrogen and oxygen atoms in total. The first-order chi connectivity index (χ1) is 15.2. The molecule has 0 saturated heterocycles. The van der Waals surface area contributed by atoms with E-state index in [9.17, 15) is 4.79 Å². The van der Waals surface area contributed by atoms with Crippen molar-refractivity contribution in [2.24, 2.45) is 10.4 Å².